The molecule has 0 aliphatic rings. The minimum absolute atomic E-state index is 0.231. The lowest BCUT2D eigenvalue weighted by Crippen LogP contribution is -2.04. The minimum atomic E-state index is -0.995. The standard InChI is InChI=1S/C27H23N3O4/c1-34-25-12-10-20(14-23(25)15-26(32)33)24(31)11-9-22-18-30(17-19-6-3-2-4-7-19)29-27(22)21-8-5-13-28-16-21/h2-14,16,18H,15,17H2,1H3,(H,32,33)/b11-9+. The van der Waals surface area contributed by atoms with Crippen molar-refractivity contribution in [3.05, 3.63) is 108 Å². The normalized spacial score (nSPS) is 11.0. The number of benzene rings is 2. The summed E-state index contributed by atoms with van der Waals surface area (Å²) in [4.78, 5) is 28.2. The average Bonchev–Trinajstić information content (AvgIpc) is 3.25. The van der Waals surface area contributed by atoms with Crippen molar-refractivity contribution in [2.45, 2.75) is 13.0 Å². The van der Waals surface area contributed by atoms with Gasteiger partial charge in [-0.05, 0) is 48.0 Å². The number of nitrogens with zero attached hydrogens (tertiary/aromatic N) is 3. The zero-order valence-electron chi connectivity index (χ0n) is 18.6. The molecule has 7 nitrogen and oxygen atoms in total. The number of carbonyl (C=O) groups excluding carboxylic acids is 1. The van der Waals surface area contributed by atoms with Crippen LogP contribution < -0.4 is 4.74 Å². The van der Waals surface area contributed by atoms with Crippen molar-refractivity contribution in [3.63, 3.8) is 0 Å². The van der Waals surface area contributed by atoms with Crippen molar-refractivity contribution in [1.82, 2.24) is 14.8 Å². The molecule has 0 atom stereocenters. The molecule has 1 N–H and O–H groups in total. The zero-order chi connectivity index (χ0) is 23.9. The monoisotopic (exact) mass is 453 g/mol. The maximum Gasteiger partial charge on any atom is 0.307 e. The third-order valence-electron chi connectivity index (χ3n) is 5.23. The number of allylic oxidation sites excluding steroid dienone is 1. The number of ether oxygens (including phenoxy) is 1. The van der Waals surface area contributed by atoms with E-state index in [0.717, 1.165) is 22.4 Å². The first kappa shape index (κ1) is 22.7. The van der Waals surface area contributed by atoms with Gasteiger partial charge in [-0.15, -0.1) is 0 Å². The lowest BCUT2D eigenvalue weighted by Gasteiger charge is -2.08. The molecule has 0 saturated carbocycles. The summed E-state index contributed by atoms with van der Waals surface area (Å²) < 4.78 is 7.05. The van der Waals surface area contributed by atoms with E-state index in [4.69, 9.17) is 14.9 Å². The fourth-order valence-electron chi connectivity index (χ4n) is 3.63. The van der Waals surface area contributed by atoms with Gasteiger partial charge < -0.3 is 9.84 Å². The molecule has 2 aromatic carbocycles. The van der Waals surface area contributed by atoms with Crippen LogP contribution in [0.5, 0.6) is 5.75 Å². The Bertz CT molecular complexity index is 1330. The molecule has 0 spiro atoms. The molecule has 2 aromatic heterocycles. The van der Waals surface area contributed by atoms with Crippen molar-refractivity contribution in [2.24, 2.45) is 0 Å². The molecular weight excluding hydrogens is 430 g/mol. The average molecular weight is 453 g/mol. The summed E-state index contributed by atoms with van der Waals surface area (Å²) in [7, 11) is 1.47. The molecular formula is C27H23N3O4. The van der Waals surface area contributed by atoms with Gasteiger partial charge in [0.15, 0.2) is 5.78 Å². The van der Waals surface area contributed by atoms with Crippen LogP contribution in [0.3, 0.4) is 0 Å². The first-order chi connectivity index (χ1) is 16.5. The predicted octanol–water partition coefficient (Wildman–Crippen LogP) is 4.53. The van der Waals surface area contributed by atoms with E-state index < -0.39 is 5.97 Å². The van der Waals surface area contributed by atoms with Crippen molar-refractivity contribution >= 4 is 17.8 Å². The molecule has 34 heavy (non-hydrogen) atoms. The number of carboxylic acid groups (broad SMARTS) is 1. The van der Waals surface area contributed by atoms with E-state index in [1.54, 1.807) is 36.7 Å². The van der Waals surface area contributed by atoms with Crippen LogP contribution in [0.2, 0.25) is 0 Å². The summed E-state index contributed by atoms with van der Waals surface area (Å²) in [5, 5.41) is 13.9. The molecule has 0 unspecified atom stereocenters. The number of hydrogen-bond donors (Lipinski definition) is 1. The molecule has 0 saturated heterocycles. The van der Waals surface area contributed by atoms with Crippen LogP contribution in [0.1, 0.15) is 27.0 Å². The Balaban J connectivity index is 1.64. The Kier molecular flexibility index (Phi) is 6.93. The van der Waals surface area contributed by atoms with Gasteiger partial charge in [0.25, 0.3) is 0 Å². The van der Waals surface area contributed by atoms with Crippen molar-refractivity contribution < 1.29 is 19.4 Å². The van der Waals surface area contributed by atoms with Crippen LogP contribution in [0.4, 0.5) is 0 Å². The van der Waals surface area contributed by atoms with Crippen molar-refractivity contribution in [1.29, 1.82) is 0 Å². The highest BCUT2D eigenvalue weighted by molar-refractivity contribution is 6.07. The molecule has 4 aromatic rings. The third-order valence-corrected chi connectivity index (χ3v) is 5.23. The summed E-state index contributed by atoms with van der Waals surface area (Å²) in [5.74, 6) is -0.809. The SMILES string of the molecule is COc1ccc(C(=O)/C=C/c2cn(Cc3ccccc3)nc2-c2cccnc2)cc1CC(=O)O. The number of hydrogen-bond acceptors (Lipinski definition) is 5. The van der Waals surface area contributed by atoms with Crippen LogP contribution >= 0.6 is 0 Å². The van der Waals surface area contributed by atoms with Gasteiger partial charge in [-0.1, -0.05) is 30.3 Å². The second-order valence-electron chi connectivity index (χ2n) is 7.65. The topological polar surface area (TPSA) is 94.3 Å². The number of rotatable bonds is 9. The Labute approximate surface area is 197 Å². The van der Waals surface area contributed by atoms with E-state index >= 15 is 0 Å². The zero-order valence-corrected chi connectivity index (χ0v) is 18.6. The molecule has 0 aliphatic carbocycles. The van der Waals surface area contributed by atoms with Crippen LogP contribution in [0.25, 0.3) is 17.3 Å². The summed E-state index contributed by atoms with van der Waals surface area (Å²) >= 11 is 0. The van der Waals surface area contributed by atoms with Gasteiger partial charge in [-0.3, -0.25) is 19.3 Å². The molecule has 0 fully saturated rings. The van der Waals surface area contributed by atoms with Crippen LogP contribution in [0, 0.1) is 0 Å². The number of ketones is 1. The van der Waals surface area contributed by atoms with Gasteiger partial charge in [0.05, 0.1) is 20.1 Å². The number of aromatic nitrogens is 3. The number of methoxy groups -OCH3 is 1. The molecule has 4 rings (SSSR count). The second-order valence-corrected chi connectivity index (χ2v) is 7.65. The first-order valence-electron chi connectivity index (χ1n) is 10.7. The van der Waals surface area contributed by atoms with Gasteiger partial charge in [0.1, 0.15) is 11.4 Å². The van der Waals surface area contributed by atoms with Gasteiger partial charge in [-0.25, -0.2) is 0 Å². The van der Waals surface area contributed by atoms with Crippen molar-refractivity contribution in [2.75, 3.05) is 7.11 Å². The van der Waals surface area contributed by atoms with E-state index in [2.05, 4.69) is 4.98 Å². The summed E-state index contributed by atoms with van der Waals surface area (Å²) in [6, 6.07) is 18.5. The number of aliphatic carboxylic acids is 1. The largest absolute Gasteiger partial charge is 0.496 e. The maximum absolute atomic E-state index is 12.9. The number of carboxylic acids is 1. The first-order valence-corrected chi connectivity index (χ1v) is 10.7. The quantitative estimate of drug-likeness (QED) is 0.296. The highest BCUT2D eigenvalue weighted by Gasteiger charge is 2.13. The molecule has 0 aliphatic heterocycles. The maximum atomic E-state index is 12.9. The van der Waals surface area contributed by atoms with Gasteiger partial charge in [0.2, 0.25) is 0 Å². The molecule has 0 bridgehead atoms. The smallest absolute Gasteiger partial charge is 0.307 e. The molecule has 2 heterocycles. The van der Waals surface area contributed by atoms with Crippen molar-refractivity contribution in [3.8, 4) is 17.0 Å². The lowest BCUT2D eigenvalue weighted by atomic mass is 10.0. The molecule has 7 heteroatoms. The Morgan fingerprint density at radius 1 is 1.09 bits per heavy atom. The lowest BCUT2D eigenvalue weighted by molar-refractivity contribution is -0.136. The number of carbonyl (C=O) groups is 2. The van der Waals surface area contributed by atoms with Gasteiger partial charge >= 0.3 is 5.97 Å². The van der Waals surface area contributed by atoms with Crippen LogP contribution in [-0.2, 0) is 17.8 Å². The van der Waals surface area contributed by atoms with E-state index in [1.165, 1.54) is 13.2 Å². The third kappa shape index (κ3) is 5.45. The summed E-state index contributed by atoms with van der Waals surface area (Å²) in [5.41, 5.74) is 4.27. The molecule has 0 amide bonds. The molecule has 170 valence electrons. The Morgan fingerprint density at radius 2 is 1.91 bits per heavy atom. The van der Waals surface area contributed by atoms with E-state index in [0.29, 0.717) is 23.4 Å². The fraction of sp³-hybridized carbons (Fsp3) is 0.111. The highest BCUT2D eigenvalue weighted by atomic mass is 16.5. The van der Waals surface area contributed by atoms with Gasteiger partial charge in [-0.2, -0.15) is 5.10 Å². The van der Waals surface area contributed by atoms with Crippen LogP contribution in [-0.4, -0.2) is 38.7 Å². The van der Waals surface area contributed by atoms with E-state index in [-0.39, 0.29) is 12.2 Å². The summed E-state index contributed by atoms with van der Waals surface area (Å²) in [6.07, 6.45) is 8.28. The Morgan fingerprint density at radius 3 is 2.62 bits per heavy atom. The van der Waals surface area contributed by atoms with Crippen LogP contribution in [0.15, 0.2) is 85.3 Å². The Hall–Kier alpha value is -4.52. The highest BCUT2D eigenvalue weighted by Crippen LogP contribution is 2.24. The fourth-order valence-corrected chi connectivity index (χ4v) is 3.63. The number of pyridine rings is 1. The van der Waals surface area contributed by atoms with E-state index in [1.807, 2.05) is 53.3 Å². The molecule has 0 radical (unpaired) electrons. The minimum Gasteiger partial charge on any atom is -0.496 e. The van der Waals surface area contributed by atoms with E-state index in [9.17, 15) is 9.59 Å². The van der Waals surface area contributed by atoms with Gasteiger partial charge in [0, 0.05) is 40.8 Å². The predicted molar refractivity (Wildman–Crippen MR) is 129 cm³/mol. The summed E-state index contributed by atoms with van der Waals surface area (Å²) in [6.45, 7) is 0.590. The second kappa shape index (κ2) is 10.4.